The minimum atomic E-state index is 0.645. The quantitative estimate of drug-likeness (QED) is 0.570. The molecule has 0 saturated carbocycles. The summed E-state index contributed by atoms with van der Waals surface area (Å²) in [5.74, 6) is 0.645. The van der Waals surface area contributed by atoms with Crippen LogP contribution in [0.5, 0.6) is 0 Å². The Morgan fingerprint density at radius 2 is 2.31 bits per heavy atom. The van der Waals surface area contributed by atoms with E-state index in [0.29, 0.717) is 5.92 Å². The van der Waals surface area contributed by atoms with Crippen LogP contribution >= 0.6 is 0 Å². The zero-order valence-electron chi connectivity index (χ0n) is 9.09. The third-order valence-electron chi connectivity index (χ3n) is 2.48. The molecule has 13 heavy (non-hydrogen) atoms. The van der Waals surface area contributed by atoms with E-state index in [1.54, 1.807) is 0 Å². The molecule has 0 spiro atoms. The molecule has 0 aliphatic heterocycles. The van der Waals surface area contributed by atoms with Gasteiger partial charge in [0.2, 0.25) is 0 Å². The van der Waals surface area contributed by atoms with Crippen LogP contribution in [0.15, 0.2) is 28.4 Å². The van der Waals surface area contributed by atoms with E-state index < -0.39 is 0 Å². The molecule has 1 heteroatoms. The average molecular weight is 177 g/mol. The number of nitrogens with zero attached hydrogens (tertiary/aromatic N) is 1. The van der Waals surface area contributed by atoms with Gasteiger partial charge in [0.05, 0.1) is 0 Å². The summed E-state index contributed by atoms with van der Waals surface area (Å²) >= 11 is 0. The Hall–Kier alpha value is -0.850. The van der Waals surface area contributed by atoms with Crippen molar-refractivity contribution in [3.8, 4) is 0 Å². The summed E-state index contributed by atoms with van der Waals surface area (Å²) in [4.78, 5) is 4.63. The van der Waals surface area contributed by atoms with Crippen LogP contribution in [0.1, 0.15) is 40.5 Å². The highest BCUT2D eigenvalue weighted by Crippen LogP contribution is 2.24. The molecular weight excluding hydrogens is 158 g/mol. The molecule has 1 atom stereocenters. The molecular formula is C12H19N. The van der Waals surface area contributed by atoms with E-state index in [4.69, 9.17) is 0 Å². The Morgan fingerprint density at radius 1 is 1.62 bits per heavy atom. The van der Waals surface area contributed by atoms with Gasteiger partial charge >= 0.3 is 0 Å². The molecule has 0 aromatic heterocycles. The van der Waals surface area contributed by atoms with Crippen molar-refractivity contribution < 1.29 is 0 Å². The van der Waals surface area contributed by atoms with Gasteiger partial charge in [-0.2, -0.15) is 0 Å². The molecule has 1 nitrogen and oxygen atoms in total. The first kappa shape index (κ1) is 10.2. The lowest BCUT2D eigenvalue weighted by molar-refractivity contribution is 0.693. The third kappa shape index (κ3) is 2.83. The molecule has 1 rings (SSSR count). The van der Waals surface area contributed by atoms with Crippen molar-refractivity contribution in [1.29, 1.82) is 0 Å². The summed E-state index contributed by atoms with van der Waals surface area (Å²) in [6.45, 7) is 8.63. The van der Waals surface area contributed by atoms with Gasteiger partial charge in [-0.15, -0.1) is 0 Å². The first-order valence-corrected chi connectivity index (χ1v) is 5.05. The topological polar surface area (TPSA) is 12.4 Å². The van der Waals surface area contributed by atoms with Gasteiger partial charge in [-0.05, 0) is 38.2 Å². The summed E-state index contributed by atoms with van der Waals surface area (Å²) in [6, 6.07) is 0. The van der Waals surface area contributed by atoms with E-state index in [1.807, 2.05) is 0 Å². The molecule has 0 amide bonds. The van der Waals surface area contributed by atoms with Gasteiger partial charge in [0.25, 0.3) is 0 Å². The average Bonchev–Trinajstić information content (AvgIpc) is 2.11. The molecule has 72 valence electrons. The second-order valence-electron chi connectivity index (χ2n) is 3.87. The summed E-state index contributed by atoms with van der Waals surface area (Å²) in [5, 5.41) is 0. The summed E-state index contributed by atoms with van der Waals surface area (Å²) in [7, 11) is 0. The zero-order valence-corrected chi connectivity index (χ0v) is 9.09. The first-order chi connectivity index (χ1) is 6.13. The fourth-order valence-electron chi connectivity index (χ4n) is 1.38. The zero-order chi connectivity index (χ0) is 9.84. The van der Waals surface area contributed by atoms with Crippen LogP contribution in [0.3, 0.4) is 0 Å². The fourth-order valence-corrected chi connectivity index (χ4v) is 1.38. The van der Waals surface area contributed by atoms with Crippen molar-refractivity contribution in [3.63, 3.8) is 0 Å². The smallest absolute Gasteiger partial charge is 0.0437 e. The molecule has 0 aromatic rings. The Labute approximate surface area is 81.3 Å². The molecule has 0 saturated heterocycles. The minimum Gasteiger partial charge on any atom is -0.262 e. The van der Waals surface area contributed by atoms with E-state index in [2.05, 4.69) is 44.8 Å². The predicted octanol–water partition coefficient (Wildman–Crippen LogP) is 3.73. The minimum absolute atomic E-state index is 0.645. The normalized spacial score (nSPS) is 24.0. The van der Waals surface area contributed by atoms with Crippen molar-refractivity contribution in [2.24, 2.45) is 10.9 Å². The lowest BCUT2D eigenvalue weighted by Gasteiger charge is -2.15. The lowest BCUT2D eigenvalue weighted by atomic mass is 9.96. The van der Waals surface area contributed by atoms with Crippen molar-refractivity contribution in [2.75, 3.05) is 0 Å². The third-order valence-corrected chi connectivity index (χ3v) is 2.48. The lowest BCUT2D eigenvalue weighted by Crippen LogP contribution is -2.01. The van der Waals surface area contributed by atoms with E-state index in [-0.39, 0.29) is 0 Å². The molecule has 1 unspecified atom stereocenters. The Balaban J connectivity index is 2.84. The number of hydrogen-bond acceptors (Lipinski definition) is 1. The number of rotatable bonds is 2. The molecule has 0 N–H and O–H groups in total. The van der Waals surface area contributed by atoms with Gasteiger partial charge in [0, 0.05) is 11.4 Å². The van der Waals surface area contributed by atoms with E-state index in [9.17, 15) is 0 Å². The standard InChI is InChI=1S/C12H19N/c1-5-11(4)13-12-8-9(2)6-7-10(12)3/h6-7,9H,5,8H2,1-4H3. The van der Waals surface area contributed by atoms with Crippen molar-refractivity contribution in [1.82, 2.24) is 0 Å². The van der Waals surface area contributed by atoms with Crippen LogP contribution in [0.4, 0.5) is 0 Å². The SMILES string of the molecule is CCC(C)=NC1=C(C)C=CC(C)C1. The summed E-state index contributed by atoms with van der Waals surface area (Å²) < 4.78 is 0. The maximum absolute atomic E-state index is 4.63. The molecule has 0 heterocycles. The largest absolute Gasteiger partial charge is 0.262 e. The Bertz CT molecular complexity index is 269. The summed E-state index contributed by atoms with van der Waals surface area (Å²) in [5.41, 5.74) is 3.83. The monoisotopic (exact) mass is 177 g/mol. The van der Waals surface area contributed by atoms with Gasteiger partial charge < -0.3 is 0 Å². The highest BCUT2D eigenvalue weighted by atomic mass is 14.8. The van der Waals surface area contributed by atoms with E-state index >= 15 is 0 Å². The number of aliphatic imine (C=N–C) groups is 1. The van der Waals surface area contributed by atoms with Crippen LogP contribution < -0.4 is 0 Å². The van der Waals surface area contributed by atoms with Gasteiger partial charge in [0.1, 0.15) is 0 Å². The number of allylic oxidation sites excluding steroid dienone is 4. The van der Waals surface area contributed by atoms with Crippen molar-refractivity contribution >= 4 is 5.71 Å². The molecule has 0 radical (unpaired) electrons. The van der Waals surface area contributed by atoms with Crippen LogP contribution in [-0.4, -0.2) is 5.71 Å². The van der Waals surface area contributed by atoms with Crippen LogP contribution in [0, 0.1) is 5.92 Å². The van der Waals surface area contributed by atoms with Gasteiger partial charge in [-0.25, -0.2) is 0 Å². The van der Waals surface area contributed by atoms with Crippen LogP contribution in [-0.2, 0) is 0 Å². The molecule has 0 aromatic carbocycles. The first-order valence-electron chi connectivity index (χ1n) is 5.05. The molecule has 1 aliphatic carbocycles. The highest BCUT2D eigenvalue weighted by molar-refractivity contribution is 5.82. The van der Waals surface area contributed by atoms with Crippen LogP contribution in [0.2, 0.25) is 0 Å². The number of hydrogen-bond donors (Lipinski definition) is 0. The van der Waals surface area contributed by atoms with E-state index in [1.165, 1.54) is 17.0 Å². The highest BCUT2D eigenvalue weighted by Gasteiger charge is 2.09. The Kier molecular flexibility index (Phi) is 3.47. The predicted molar refractivity (Wildman–Crippen MR) is 59.0 cm³/mol. The van der Waals surface area contributed by atoms with Crippen molar-refractivity contribution in [3.05, 3.63) is 23.4 Å². The van der Waals surface area contributed by atoms with Gasteiger partial charge in [0.15, 0.2) is 0 Å². The molecule has 0 bridgehead atoms. The molecule has 0 fully saturated rings. The maximum Gasteiger partial charge on any atom is 0.0437 e. The fraction of sp³-hybridized carbons (Fsp3) is 0.583. The summed E-state index contributed by atoms with van der Waals surface area (Å²) in [6.07, 6.45) is 6.60. The van der Waals surface area contributed by atoms with Gasteiger partial charge in [-0.1, -0.05) is 26.0 Å². The van der Waals surface area contributed by atoms with Crippen molar-refractivity contribution in [2.45, 2.75) is 40.5 Å². The Morgan fingerprint density at radius 3 is 2.92 bits per heavy atom. The van der Waals surface area contributed by atoms with Gasteiger partial charge in [-0.3, -0.25) is 4.99 Å². The second kappa shape index (κ2) is 4.40. The van der Waals surface area contributed by atoms with Crippen LogP contribution in [0.25, 0.3) is 0 Å². The van der Waals surface area contributed by atoms with E-state index in [0.717, 1.165) is 12.8 Å². The second-order valence-corrected chi connectivity index (χ2v) is 3.87. The molecule has 1 aliphatic rings. The maximum atomic E-state index is 4.63.